The van der Waals surface area contributed by atoms with E-state index in [1.165, 1.54) is 11.3 Å². The zero-order valence-corrected chi connectivity index (χ0v) is 12.3. The standard InChI is InChI=1S/C10H7BrClNO2S2/c11-8-6-7(12)3-4-9(8)13-17(14,15)10-2-1-5-16-10/h1-6,13H. The number of benzene rings is 1. The Labute approximate surface area is 117 Å². The molecular formula is C10H7BrClNO2S2. The molecule has 2 aromatic rings. The monoisotopic (exact) mass is 351 g/mol. The van der Waals surface area contributed by atoms with Crippen LogP contribution in [0.2, 0.25) is 5.02 Å². The average Bonchev–Trinajstić information content (AvgIpc) is 2.76. The molecule has 0 amide bonds. The molecule has 0 aliphatic heterocycles. The van der Waals surface area contributed by atoms with E-state index in [0.717, 1.165) is 0 Å². The first-order chi connectivity index (χ1) is 7.99. The van der Waals surface area contributed by atoms with Gasteiger partial charge in [-0.2, -0.15) is 0 Å². The zero-order valence-electron chi connectivity index (χ0n) is 8.35. The first-order valence-electron chi connectivity index (χ1n) is 4.50. The highest BCUT2D eigenvalue weighted by Crippen LogP contribution is 2.28. The van der Waals surface area contributed by atoms with Gasteiger partial charge in [0.25, 0.3) is 10.0 Å². The molecule has 17 heavy (non-hydrogen) atoms. The molecule has 0 unspecified atom stereocenters. The second-order valence-electron chi connectivity index (χ2n) is 3.16. The van der Waals surface area contributed by atoms with Crippen LogP contribution in [0.5, 0.6) is 0 Å². The fourth-order valence-corrected chi connectivity index (χ4v) is 4.17. The highest BCUT2D eigenvalue weighted by molar-refractivity contribution is 9.10. The first-order valence-corrected chi connectivity index (χ1v) is 8.04. The molecule has 0 spiro atoms. The van der Waals surface area contributed by atoms with E-state index in [4.69, 9.17) is 11.6 Å². The molecule has 1 N–H and O–H groups in total. The Balaban J connectivity index is 2.33. The van der Waals surface area contributed by atoms with E-state index in [-0.39, 0.29) is 4.21 Å². The molecule has 1 aromatic carbocycles. The first kappa shape index (κ1) is 12.9. The molecular weight excluding hydrogens is 346 g/mol. The highest BCUT2D eigenvalue weighted by atomic mass is 79.9. The van der Waals surface area contributed by atoms with E-state index in [1.54, 1.807) is 35.7 Å². The third-order valence-corrected chi connectivity index (χ3v) is 5.59. The predicted molar refractivity (Wildman–Crippen MR) is 74.3 cm³/mol. The van der Waals surface area contributed by atoms with Crippen molar-refractivity contribution in [2.45, 2.75) is 4.21 Å². The molecule has 90 valence electrons. The molecule has 0 saturated carbocycles. The summed E-state index contributed by atoms with van der Waals surface area (Å²) in [5, 5.41) is 2.25. The summed E-state index contributed by atoms with van der Waals surface area (Å²) in [7, 11) is -3.51. The lowest BCUT2D eigenvalue weighted by Gasteiger charge is -2.08. The molecule has 0 radical (unpaired) electrons. The molecule has 7 heteroatoms. The average molecular weight is 353 g/mol. The Morgan fingerprint density at radius 1 is 1.29 bits per heavy atom. The summed E-state index contributed by atoms with van der Waals surface area (Å²) in [6.45, 7) is 0. The molecule has 0 bridgehead atoms. The Bertz CT molecular complexity index is 626. The third-order valence-electron chi connectivity index (χ3n) is 1.94. The van der Waals surface area contributed by atoms with Crippen LogP contribution in [0.25, 0.3) is 0 Å². The summed E-state index contributed by atoms with van der Waals surface area (Å²) >= 11 is 10.2. The van der Waals surface area contributed by atoms with Gasteiger partial charge >= 0.3 is 0 Å². The van der Waals surface area contributed by atoms with Crippen LogP contribution in [0.3, 0.4) is 0 Å². The molecule has 3 nitrogen and oxygen atoms in total. The molecule has 0 atom stereocenters. The van der Waals surface area contributed by atoms with Gasteiger partial charge in [0.05, 0.1) is 5.69 Å². The summed E-state index contributed by atoms with van der Waals surface area (Å²) in [5.41, 5.74) is 0.461. The highest BCUT2D eigenvalue weighted by Gasteiger charge is 2.16. The van der Waals surface area contributed by atoms with Crippen molar-refractivity contribution in [3.05, 3.63) is 45.2 Å². The van der Waals surface area contributed by atoms with Crippen LogP contribution >= 0.6 is 38.9 Å². The van der Waals surface area contributed by atoms with Crippen molar-refractivity contribution in [1.29, 1.82) is 0 Å². The van der Waals surface area contributed by atoms with E-state index in [0.29, 0.717) is 15.2 Å². The van der Waals surface area contributed by atoms with Gasteiger partial charge in [-0.3, -0.25) is 4.72 Å². The summed E-state index contributed by atoms with van der Waals surface area (Å²) in [4.78, 5) is 0. The number of sulfonamides is 1. The number of hydrogen-bond donors (Lipinski definition) is 1. The maximum atomic E-state index is 11.9. The lowest BCUT2D eigenvalue weighted by Crippen LogP contribution is -2.11. The number of thiophene rings is 1. The maximum Gasteiger partial charge on any atom is 0.271 e. The minimum Gasteiger partial charge on any atom is -0.278 e. The van der Waals surface area contributed by atoms with Crippen LogP contribution in [-0.2, 0) is 10.0 Å². The Hall–Kier alpha value is -0.560. The van der Waals surface area contributed by atoms with Gasteiger partial charge in [-0.25, -0.2) is 8.42 Å². The normalized spacial score (nSPS) is 11.4. The SMILES string of the molecule is O=S(=O)(Nc1ccc(Cl)cc1Br)c1cccs1. The smallest absolute Gasteiger partial charge is 0.271 e. The quantitative estimate of drug-likeness (QED) is 0.908. The van der Waals surface area contributed by atoms with Gasteiger partial charge in [-0.05, 0) is 45.6 Å². The van der Waals surface area contributed by atoms with Gasteiger partial charge in [-0.15, -0.1) is 11.3 Å². The Morgan fingerprint density at radius 2 is 2.06 bits per heavy atom. The van der Waals surface area contributed by atoms with Gasteiger partial charge in [-0.1, -0.05) is 17.7 Å². The zero-order chi connectivity index (χ0) is 12.5. The van der Waals surface area contributed by atoms with Crippen molar-refractivity contribution >= 4 is 54.6 Å². The summed E-state index contributed by atoms with van der Waals surface area (Å²) < 4.78 is 27.3. The van der Waals surface area contributed by atoms with Crippen LogP contribution in [-0.4, -0.2) is 8.42 Å². The molecule has 1 aromatic heterocycles. The summed E-state index contributed by atoms with van der Waals surface area (Å²) in [6, 6.07) is 8.11. The number of nitrogens with one attached hydrogen (secondary N) is 1. The summed E-state index contributed by atoms with van der Waals surface area (Å²) in [5.74, 6) is 0. The van der Waals surface area contributed by atoms with Crippen LogP contribution in [0, 0.1) is 0 Å². The molecule has 0 aliphatic carbocycles. The van der Waals surface area contributed by atoms with Crippen molar-refractivity contribution in [2.24, 2.45) is 0 Å². The number of anilines is 1. The van der Waals surface area contributed by atoms with Gasteiger partial charge in [0.15, 0.2) is 0 Å². The van der Waals surface area contributed by atoms with Crippen LogP contribution in [0.15, 0.2) is 44.4 Å². The Morgan fingerprint density at radius 3 is 2.65 bits per heavy atom. The third kappa shape index (κ3) is 3.01. The second-order valence-corrected chi connectivity index (χ2v) is 7.31. The minimum absolute atomic E-state index is 0.277. The number of rotatable bonds is 3. The summed E-state index contributed by atoms with van der Waals surface area (Å²) in [6.07, 6.45) is 0. The van der Waals surface area contributed by atoms with Crippen LogP contribution < -0.4 is 4.72 Å². The minimum atomic E-state index is -3.51. The van der Waals surface area contributed by atoms with Crippen LogP contribution in [0.4, 0.5) is 5.69 Å². The second kappa shape index (κ2) is 4.97. The van der Waals surface area contributed by atoms with Crippen molar-refractivity contribution in [1.82, 2.24) is 0 Å². The van der Waals surface area contributed by atoms with Gasteiger partial charge < -0.3 is 0 Å². The molecule has 1 heterocycles. The maximum absolute atomic E-state index is 11.9. The van der Waals surface area contributed by atoms with Crippen LogP contribution in [0.1, 0.15) is 0 Å². The fourth-order valence-electron chi connectivity index (χ4n) is 1.18. The fraction of sp³-hybridized carbons (Fsp3) is 0. The predicted octanol–water partition coefficient (Wildman–Crippen LogP) is 3.96. The number of hydrogen-bond acceptors (Lipinski definition) is 3. The molecule has 0 saturated heterocycles. The lowest BCUT2D eigenvalue weighted by atomic mass is 10.3. The van der Waals surface area contributed by atoms with Crippen molar-refractivity contribution in [3.8, 4) is 0 Å². The van der Waals surface area contributed by atoms with Crippen molar-refractivity contribution in [2.75, 3.05) is 4.72 Å². The van der Waals surface area contributed by atoms with Gasteiger partial charge in [0.2, 0.25) is 0 Å². The lowest BCUT2D eigenvalue weighted by molar-refractivity contribution is 0.603. The van der Waals surface area contributed by atoms with E-state index < -0.39 is 10.0 Å². The van der Waals surface area contributed by atoms with Gasteiger partial charge in [0.1, 0.15) is 4.21 Å². The largest absolute Gasteiger partial charge is 0.278 e. The van der Waals surface area contributed by atoms with E-state index in [9.17, 15) is 8.42 Å². The number of halogens is 2. The molecule has 0 fully saturated rings. The van der Waals surface area contributed by atoms with Gasteiger partial charge in [0, 0.05) is 9.50 Å². The molecule has 0 aliphatic rings. The van der Waals surface area contributed by atoms with Crippen molar-refractivity contribution in [3.63, 3.8) is 0 Å². The van der Waals surface area contributed by atoms with E-state index >= 15 is 0 Å². The topological polar surface area (TPSA) is 46.2 Å². The molecule has 2 rings (SSSR count). The van der Waals surface area contributed by atoms with Crippen molar-refractivity contribution < 1.29 is 8.42 Å². The van der Waals surface area contributed by atoms with E-state index in [1.807, 2.05) is 0 Å². The Kier molecular flexibility index (Phi) is 3.77. The van der Waals surface area contributed by atoms with E-state index in [2.05, 4.69) is 20.7 Å².